The number of hydrogen-bond donors (Lipinski definition) is 1. The van der Waals surface area contributed by atoms with Crippen LogP contribution < -0.4 is 10.2 Å². The Morgan fingerprint density at radius 3 is 2.48 bits per heavy atom. The van der Waals surface area contributed by atoms with E-state index in [9.17, 15) is 4.79 Å². The minimum Gasteiger partial charge on any atom is -0.368 e. The first-order valence-corrected chi connectivity index (χ1v) is 11.9. The first-order valence-electron chi connectivity index (χ1n) is 11.2. The van der Waals surface area contributed by atoms with E-state index in [0.717, 1.165) is 62.5 Å². The Kier molecular flexibility index (Phi) is 8.15. The van der Waals surface area contributed by atoms with Gasteiger partial charge in [0.25, 0.3) is 5.91 Å². The molecule has 1 fully saturated rings. The first-order chi connectivity index (χ1) is 16.1. The van der Waals surface area contributed by atoms with Crippen LogP contribution in [0.2, 0.25) is 10.0 Å². The van der Waals surface area contributed by atoms with Crippen LogP contribution in [0.5, 0.6) is 0 Å². The second-order valence-corrected chi connectivity index (χ2v) is 8.82. The minimum atomic E-state index is -0.0451. The molecule has 0 bridgehead atoms. The number of piperazine rings is 1. The third kappa shape index (κ3) is 6.22. The Hall–Kier alpha value is -2.67. The quantitative estimate of drug-likeness (QED) is 0.467. The molecule has 6 nitrogen and oxygen atoms in total. The highest BCUT2D eigenvalue weighted by atomic mass is 35.5. The van der Waals surface area contributed by atoms with E-state index < -0.39 is 0 Å². The summed E-state index contributed by atoms with van der Waals surface area (Å²) >= 11 is 12.5. The fraction of sp³-hybridized carbons (Fsp3) is 0.320. The number of halogens is 2. The third-order valence-corrected chi connectivity index (χ3v) is 6.66. The maximum absolute atomic E-state index is 12.4. The molecule has 33 heavy (non-hydrogen) atoms. The second kappa shape index (κ2) is 11.5. The van der Waals surface area contributed by atoms with Gasteiger partial charge in [-0.1, -0.05) is 41.4 Å². The number of aromatic nitrogens is 2. The predicted octanol–water partition coefficient (Wildman–Crippen LogP) is 4.78. The maximum atomic E-state index is 12.4. The van der Waals surface area contributed by atoms with Gasteiger partial charge in [-0.05, 0) is 49.7 Å². The van der Waals surface area contributed by atoms with Gasteiger partial charge in [-0.25, -0.2) is 9.97 Å². The summed E-state index contributed by atoms with van der Waals surface area (Å²) < 4.78 is 0. The molecule has 0 unspecified atom stereocenters. The number of benzene rings is 2. The van der Waals surface area contributed by atoms with Gasteiger partial charge in [0.1, 0.15) is 6.33 Å². The van der Waals surface area contributed by atoms with E-state index in [-0.39, 0.29) is 5.91 Å². The molecule has 1 N–H and O–H groups in total. The molecule has 2 heterocycles. The summed E-state index contributed by atoms with van der Waals surface area (Å²) in [5.74, 6) is -0.0451. The van der Waals surface area contributed by atoms with Crippen LogP contribution in [0.3, 0.4) is 0 Å². The summed E-state index contributed by atoms with van der Waals surface area (Å²) in [6.07, 6.45) is 5.22. The van der Waals surface area contributed by atoms with E-state index in [1.54, 1.807) is 6.20 Å². The molecule has 0 atom stereocenters. The standard InChI is InChI=1S/C25H27Cl2N5O/c26-21-4-3-5-23(24(21)27)32-16-14-31(15-17-32)13-2-1-11-29-25(33)20-8-6-19(7-9-20)22-10-12-28-18-30-22/h3-10,12,18H,1-2,11,13-17H2,(H,29,33). The number of carbonyl (C=O) groups excluding carboxylic acids is 1. The van der Waals surface area contributed by atoms with Crippen molar-refractivity contribution in [2.24, 2.45) is 0 Å². The molecule has 8 heteroatoms. The average molecular weight is 484 g/mol. The molecule has 4 rings (SSSR count). The monoisotopic (exact) mass is 483 g/mol. The van der Waals surface area contributed by atoms with Crippen molar-refractivity contribution in [2.75, 3.05) is 44.2 Å². The summed E-state index contributed by atoms with van der Waals surface area (Å²) in [4.78, 5) is 25.3. The molecule has 0 spiro atoms. The van der Waals surface area contributed by atoms with Crippen molar-refractivity contribution < 1.29 is 4.79 Å². The van der Waals surface area contributed by atoms with Crippen LogP contribution in [0.15, 0.2) is 61.1 Å². The highest BCUT2D eigenvalue weighted by molar-refractivity contribution is 6.43. The van der Waals surface area contributed by atoms with Crippen LogP contribution >= 0.6 is 23.2 Å². The van der Waals surface area contributed by atoms with E-state index in [1.807, 2.05) is 48.5 Å². The molecule has 0 saturated carbocycles. The normalized spacial score (nSPS) is 14.3. The minimum absolute atomic E-state index is 0.0451. The zero-order chi connectivity index (χ0) is 23.0. The van der Waals surface area contributed by atoms with Gasteiger partial charge in [0, 0.05) is 50.0 Å². The van der Waals surface area contributed by atoms with Gasteiger partial charge >= 0.3 is 0 Å². The number of unbranched alkanes of at least 4 members (excludes halogenated alkanes) is 1. The molecule has 0 aliphatic carbocycles. The molecular weight excluding hydrogens is 457 g/mol. The summed E-state index contributed by atoms with van der Waals surface area (Å²) in [6.45, 7) is 5.55. The van der Waals surface area contributed by atoms with Crippen LogP contribution in [-0.4, -0.2) is 60.0 Å². The number of anilines is 1. The van der Waals surface area contributed by atoms with Crippen LogP contribution in [0.4, 0.5) is 5.69 Å². The molecule has 1 aliphatic heterocycles. The smallest absolute Gasteiger partial charge is 0.251 e. The SMILES string of the molecule is O=C(NCCCCN1CCN(c2cccc(Cl)c2Cl)CC1)c1ccc(-c2ccncn2)cc1. The fourth-order valence-corrected chi connectivity index (χ4v) is 4.38. The molecule has 1 saturated heterocycles. The zero-order valence-electron chi connectivity index (χ0n) is 18.4. The third-order valence-electron chi connectivity index (χ3n) is 5.86. The highest BCUT2D eigenvalue weighted by Gasteiger charge is 2.19. The van der Waals surface area contributed by atoms with Gasteiger partial charge in [0.2, 0.25) is 0 Å². The highest BCUT2D eigenvalue weighted by Crippen LogP contribution is 2.32. The Morgan fingerprint density at radius 1 is 0.970 bits per heavy atom. The first kappa shape index (κ1) is 23.5. The lowest BCUT2D eigenvalue weighted by Crippen LogP contribution is -2.46. The molecule has 1 aliphatic rings. The molecule has 3 aromatic rings. The Bertz CT molecular complexity index is 1050. The van der Waals surface area contributed by atoms with E-state index in [0.29, 0.717) is 22.2 Å². The molecule has 172 valence electrons. The number of amides is 1. The summed E-state index contributed by atoms with van der Waals surface area (Å²) in [5, 5.41) is 4.25. The van der Waals surface area contributed by atoms with Gasteiger partial charge in [0.15, 0.2) is 0 Å². The van der Waals surface area contributed by atoms with Crippen molar-refractivity contribution in [2.45, 2.75) is 12.8 Å². The van der Waals surface area contributed by atoms with Gasteiger partial charge in [-0.3, -0.25) is 9.69 Å². The van der Waals surface area contributed by atoms with Crippen molar-refractivity contribution >= 4 is 34.8 Å². The van der Waals surface area contributed by atoms with Crippen molar-refractivity contribution in [3.63, 3.8) is 0 Å². The second-order valence-electron chi connectivity index (χ2n) is 8.04. The van der Waals surface area contributed by atoms with Crippen LogP contribution in [-0.2, 0) is 0 Å². The molecule has 1 amide bonds. The topological polar surface area (TPSA) is 61.4 Å². The Morgan fingerprint density at radius 2 is 1.76 bits per heavy atom. The predicted molar refractivity (Wildman–Crippen MR) is 134 cm³/mol. The van der Waals surface area contributed by atoms with E-state index >= 15 is 0 Å². The van der Waals surface area contributed by atoms with Gasteiger partial charge < -0.3 is 10.2 Å². The summed E-state index contributed by atoms with van der Waals surface area (Å²) in [5.41, 5.74) is 3.47. The largest absolute Gasteiger partial charge is 0.368 e. The van der Waals surface area contributed by atoms with Crippen molar-refractivity contribution in [1.29, 1.82) is 0 Å². The van der Waals surface area contributed by atoms with Crippen molar-refractivity contribution in [3.05, 3.63) is 76.7 Å². The average Bonchev–Trinajstić information content (AvgIpc) is 2.86. The fourth-order valence-electron chi connectivity index (χ4n) is 3.97. The van der Waals surface area contributed by atoms with Crippen LogP contribution in [0.25, 0.3) is 11.3 Å². The number of rotatable bonds is 8. The van der Waals surface area contributed by atoms with Crippen molar-refractivity contribution in [3.8, 4) is 11.3 Å². The summed E-state index contributed by atoms with van der Waals surface area (Å²) in [6, 6.07) is 15.1. The lowest BCUT2D eigenvalue weighted by atomic mass is 10.1. The zero-order valence-corrected chi connectivity index (χ0v) is 19.9. The van der Waals surface area contributed by atoms with E-state index in [2.05, 4.69) is 25.1 Å². The van der Waals surface area contributed by atoms with Gasteiger partial charge in [-0.2, -0.15) is 0 Å². The Balaban J connectivity index is 1.14. The van der Waals surface area contributed by atoms with Crippen LogP contribution in [0, 0.1) is 0 Å². The molecule has 0 radical (unpaired) electrons. The number of carbonyl (C=O) groups is 1. The van der Waals surface area contributed by atoms with Crippen LogP contribution in [0.1, 0.15) is 23.2 Å². The number of hydrogen-bond acceptors (Lipinski definition) is 5. The lowest BCUT2D eigenvalue weighted by molar-refractivity contribution is 0.0952. The molecule has 1 aromatic heterocycles. The van der Waals surface area contributed by atoms with Gasteiger partial charge in [0.05, 0.1) is 21.4 Å². The molecule has 2 aromatic carbocycles. The van der Waals surface area contributed by atoms with Crippen molar-refractivity contribution in [1.82, 2.24) is 20.2 Å². The molecular formula is C25H27Cl2N5O. The van der Waals surface area contributed by atoms with E-state index in [4.69, 9.17) is 23.2 Å². The Labute approximate surface area is 204 Å². The number of nitrogens with one attached hydrogen (secondary N) is 1. The van der Waals surface area contributed by atoms with E-state index in [1.165, 1.54) is 6.33 Å². The van der Waals surface area contributed by atoms with Gasteiger partial charge in [-0.15, -0.1) is 0 Å². The number of nitrogens with zero attached hydrogens (tertiary/aromatic N) is 4. The maximum Gasteiger partial charge on any atom is 0.251 e. The summed E-state index contributed by atoms with van der Waals surface area (Å²) in [7, 11) is 0. The lowest BCUT2D eigenvalue weighted by Gasteiger charge is -2.36.